The summed E-state index contributed by atoms with van der Waals surface area (Å²) < 4.78 is 39.2. The van der Waals surface area contributed by atoms with E-state index in [-0.39, 0.29) is 11.1 Å². The number of hydrogen-bond donors (Lipinski definition) is 2. The molecule has 0 aromatic heterocycles. The minimum Gasteiger partial charge on any atom is -0.395 e. The highest BCUT2D eigenvalue weighted by Gasteiger charge is 2.23. The third kappa shape index (κ3) is 3.00. The first-order valence-corrected chi connectivity index (χ1v) is 6.73. The number of rotatable bonds is 4. The minimum absolute atomic E-state index is 0.144. The van der Waals surface area contributed by atoms with Crippen molar-refractivity contribution in [3.8, 4) is 0 Å². The molecule has 0 fully saturated rings. The maximum absolute atomic E-state index is 13.4. The van der Waals surface area contributed by atoms with Gasteiger partial charge in [0.25, 0.3) is 0 Å². The molecule has 1 aromatic carbocycles. The van der Waals surface area contributed by atoms with Gasteiger partial charge in [0, 0.05) is 10.5 Å². The van der Waals surface area contributed by atoms with Gasteiger partial charge in [-0.15, -0.1) is 0 Å². The van der Waals surface area contributed by atoms with Gasteiger partial charge in [-0.1, -0.05) is 6.07 Å². The summed E-state index contributed by atoms with van der Waals surface area (Å²) in [6.07, 6.45) is 0. The Bertz CT molecular complexity index is 457. The second kappa shape index (κ2) is 5.22. The molecule has 0 heterocycles. The molecule has 7 heteroatoms. The highest BCUT2D eigenvalue weighted by molar-refractivity contribution is 9.10. The zero-order valence-electron chi connectivity index (χ0n) is 8.44. The Labute approximate surface area is 102 Å². The van der Waals surface area contributed by atoms with Gasteiger partial charge in [0.05, 0.1) is 6.61 Å². The lowest BCUT2D eigenvalue weighted by atomic mass is 10.3. The van der Waals surface area contributed by atoms with E-state index in [1.54, 1.807) is 0 Å². The van der Waals surface area contributed by atoms with E-state index < -0.39 is 26.8 Å². The van der Waals surface area contributed by atoms with Crippen molar-refractivity contribution in [1.29, 1.82) is 0 Å². The Morgan fingerprint density at radius 3 is 2.69 bits per heavy atom. The van der Waals surface area contributed by atoms with E-state index in [1.807, 2.05) is 0 Å². The van der Waals surface area contributed by atoms with Gasteiger partial charge in [-0.3, -0.25) is 0 Å². The molecule has 1 rings (SSSR count). The zero-order chi connectivity index (χ0) is 12.3. The van der Waals surface area contributed by atoms with Crippen LogP contribution in [0.4, 0.5) is 4.39 Å². The highest BCUT2D eigenvalue weighted by atomic mass is 79.9. The van der Waals surface area contributed by atoms with Gasteiger partial charge in [-0.05, 0) is 35.0 Å². The van der Waals surface area contributed by atoms with Crippen molar-refractivity contribution in [2.75, 3.05) is 6.61 Å². The third-order valence-corrected chi connectivity index (χ3v) is 4.41. The van der Waals surface area contributed by atoms with Crippen LogP contribution in [0.1, 0.15) is 6.92 Å². The first-order valence-electron chi connectivity index (χ1n) is 4.45. The van der Waals surface area contributed by atoms with E-state index in [2.05, 4.69) is 20.7 Å². The van der Waals surface area contributed by atoms with Crippen LogP contribution in [0.25, 0.3) is 0 Å². The first kappa shape index (κ1) is 13.6. The SMILES string of the molecule is C[C@H](CO)NS(=O)(=O)c1c(F)cccc1Br. The number of halogens is 2. The van der Waals surface area contributed by atoms with Crippen LogP contribution < -0.4 is 4.72 Å². The Morgan fingerprint density at radius 1 is 1.56 bits per heavy atom. The molecule has 0 aliphatic rings. The van der Waals surface area contributed by atoms with Gasteiger partial charge < -0.3 is 5.11 Å². The van der Waals surface area contributed by atoms with Crippen LogP contribution in [0, 0.1) is 5.82 Å². The Balaban J connectivity index is 3.17. The quantitative estimate of drug-likeness (QED) is 0.879. The minimum atomic E-state index is -3.96. The molecule has 0 amide bonds. The standard InChI is InChI=1S/C9H11BrFNO3S/c1-6(5-13)12-16(14,15)9-7(10)3-2-4-8(9)11/h2-4,6,12-13H,5H2,1H3/t6-/m1/s1. The number of aliphatic hydroxyl groups excluding tert-OH is 1. The smallest absolute Gasteiger partial charge is 0.244 e. The first-order chi connectivity index (χ1) is 7.38. The second-order valence-corrected chi connectivity index (χ2v) is 5.76. The molecule has 0 aliphatic heterocycles. The average Bonchev–Trinajstić information content (AvgIpc) is 2.16. The summed E-state index contributed by atoms with van der Waals surface area (Å²) in [6, 6.07) is 3.22. The number of sulfonamides is 1. The van der Waals surface area contributed by atoms with Crippen molar-refractivity contribution in [3.63, 3.8) is 0 Å². The number of aliphatic hydroxyl groups is 1. The fourth-order valence-electron chi connectivity index (χ4n) is 1.10. The summed E-state index contributed by atoms with van der Waals surface area (Å²) in [7, 11) is -3.96. The lowest BCUT2D eigenvalue weighted by molar-refractivity contribution is 0.265. The Kier molecular flexibility index (Phi) is 4.43. The monoisotopic (exact) mass is 311 g/mol. The predicted molar refractivity (Wildman–Crippen MR) is 61.0 cm³/mol. The molecule has 4 nitrogen and oxygen atoms in total. The van der Waals surface area contributed by atoms with Crippen LogP contribution in [0.5, 0.6) is 0 Å². The fourth-order valence-corrected chi connectivity index (χ4v) is 3.45. The molecule has 0 unspecified atom stereocenters. The topological polar surface area (TPSA) is 66.4 Å². The summed E-state index contributed by atoms with van der Waals surface area (Å²) in [6.45, 7) is 1.12. The number of benzene rings is 1. The fraction of sp³-hybridized carbons (Fsp3) is 0.333. The van der Waals surface area contributed by atoms with Crippen LogP contribution >= 0.6 is 15.9 Å². The zero-order valence-corrected chi connectivity index (χ0v) is 10.8. The molecule has 0 saturated carbocycles. The largest absolute Gasteiger partial charge is 0.395 e. The molecular weight excluding hydrogens is 301 g/mol. The molecular formula is C9H11BrFNO3S. The summed E-state index contributed by atoms with van der Waals surface area (Å²) in [5, 5.41) is 8.75. The van der Waals surface area contributed by atoms with Crippen LogP contribution in [-0.2, 0) is 10.0 Å². The third-order valence-electron chi connectivity index (χ3n) is 1.82. The Hall–Kier alpha value is -0.500. The molecule has 0 radical (unpaired) electrons. The van der Waals surface area contributed by atoms with Crippen molar-refractivity contribution in [1.82, 2.24) is 4.72 Å². The molecule has 16 heavy (non-hydrogen) atoms. The van der Waals surface area contributed by atoms with Crippen molar-refractivity contribution in [3.05, 3.63) is 28.5 Å². The lowest BCUT2D eigenvalue weighted by Gasteiger charge is -2.13. The molecule has 0 bridgehead atoms. The normalized spacial score (nSPS) is 13.8. The Morgan fingerprint density at radius 2 is 2.19 bits per heavy atom. The van der Waals surface area contributed by atoms with Crippen LogP contribution in [-0.4, -0.2) is 26.2 Å². The molecule has 0 saturated heterocycles. The molecule has 1 atom stereocenters. The molecule has 0 aliphatic carbocycles. The summed E-state index contributed by atoms with van der Waals surface area (Å²) >= 11 is 2.97. The van der Waals surface area contributed by atoms with E-state index in [4.69, 9.17) is 5.11 Å². The molecule has 0 spiro atoms. The summed E-state index contributed by atoms with van der Waals surface area (Å²) in [5.41, 5.74) is 0. The number of hydrogen-bond acceptors (Lipinski definition) is 3. The van der Waals surface area contributed by atoms with Crippen molar-refractivity contribution < 1.29 is 17.9 Å². The molecule has 1 aromatic rings. The van der Waals surface area contributed by atoms with Gasteiger partial charge in [0.1, 0.15) is 10.7 Å². The second-order valence-electron chi connectivity index (χ2n) is 3.26. The van der Waals surface area contributed by atoms with Gasteiger partial charge >= 0.3 is 0 Å². The molecule has 90 valence electrons. The van der Waals surface area contributed by atoms with Crippen molar-refractivity contribution in [2.24, 2.45) is 0 Å². The average molecular weight is 312 g/mol. The lowest BCUT2D eigenvalue weighted by Crippen LogP contribution is -2.35. The molecule has 2 N–H and O–H groups in total. The van der Waals surface area contributed by atoms with Crippen LogP contribution in [0.2, 0.25) is 0 Å². The van der Waals surface area contributed by atoms with Gasteiger partial charge in [-0.2, -0.15) is 0 Å². The van der Waals surface area contributed by atoms with E-state index in [0.717, 1.165) is 6.07 Å². The maximum Gasteiger partial charge on any atom is 0.244 e. The maximum atomic E-state index is 13.4. The van der Waals surface area contributed by atoms with E-state index in [1.165, 1.54) is 19.1 Å². The predicted octanol–water partition coefficient (Wildman–Crippen LogP) is 1.25. The van der Waals surface area contributed by atoms with Gasteiger partial charge in [-0.25, -0.2) is 17.5 Å². The summed E-state index contributed by atoms with van der Waals surface area (Å²) in [5.74, 6) is -0.841. The van der Waals surface area contributed by atoms with Crippen molar-refractivity contribution in [2.45, 2.75) is 17.9 Å². The van der Waals surface area contributed by atoms with Crippen LogP contribution in [0.3, 0.4) is 0 Å². The number of nitrogens with one attached hydrogen (secondary N) is 1. The highest BCUT2D eigenvalue weighted by Crippen LogP contribution is 2.24. The van der Waals surface area contributed by atoms with E-state index in [9.17, 15) is 12.8 Å². The van der Waals surface area contributed by atoms with E-state index >= 15 is 0 Å². The van der Waals surface area contributed by atoms with Crippen LogP contribution in [0.15, 0.2) is 27.6 Å². The van der Waals surface area contributed by atoms with Crippen molar-refractivity contribution >= 4 is 26.0 Å². The summed E-state index contributed by atoms with van der Waals surface area (Å²) in [4.78, 5) is -0.449. The van der Waals surface area contributed by atoms with Gasteiger partial charge in [0.2, 0.25) is 10.0 Å². The van der Waals surface area contributed by atoms with Gasteiger partial charge in [0.15, 0.2) is 0 Å². The van der Waals surface area contributed by atoms with E-state index in [0.29, 0.717) is 0 Å².